The third-order valence-electron chi connectivity index (χ3n) is 4.45. The molecule has 0 heterocycles. The number of benzene rings is 1. The van der Waals surface area contributed by atoms with Gasteiger partial charge >= 0.3 is 0 Å². The van der Waals surface area contributed by atoms with Gasteiger partial charge in [-0.1, -0.05) is 37.6 Å². The Kier molecular flexibility index (Phi) is 7.19. The van der Waals surface area contributed by atoms with Crippen molar-refractivity contribution in [3.8, 4) is 6.07 Å². The molecule has 1 aromatic carbocycles. The van der Waals surface area contributed by atoms with Gasteiger partial charge in [0, 0.05) is 0 Å². The van der Waals surface area contributed by atoms with Crippen LogP contribution < -0.4 is 0 Å². The van der Waals surface area contributed by atoms with Gasteiger partial charge in [0.1, 0.15) is 0 Å². The molecule has 1 aromatic rings. The Hall–Kier alpha value is -1.59. The van der Waals surface area contributed by atoms with E-state index in [4.69, 9.17) is 10.00 Å². The zero-order valence-corrected chi connectivity index (χ0v) is 13.6. The average Bonchev–Trinajstić information content (AvgIpc) is 2.59. The summed E-state index contributed by atoms with van der Waals surface area (Å²) in [5.41, 5.74) is 2.12. The van der Waals surface area contributed by atoms with Gasteiger partial charge in [-0.25, -0.2) is 0 Å². The molecule has 0 unspecified atom stereocenters. The van der Waals surface area contributed by atoms with Gasteiger partial charge in [0.25, 0.3) is 0 Å². The monoisotopic (exact) mass is 297 g/mol. The minimum absolute atomic E-state index is 0.439. The van der Waals surface area contributed by atoms with Gasteiger partial charge in [0.15, 0.2) is 0 Å². The van der Waals surface area contributed by atoms with Crippen LogP contribution in [0.15, 0.2) is 36.4 Å². The summed E-state index contributed by atoms with van der Waals surface area (Å²) in [7, 11) is 0. The molecule has 2 rings (SSSR count). The first-order valence-electron chi connectivity index (χ1n) is 8.60. The molecule has 0 saturated heterocycles. The number of rotatable bonds is 7. The molecule has 1 saturated carbocycles. The zero-order chi connectivity index (χ0) is 15.6. The predicted octanol–water partition coefficient (Wildman–Crippen LogP) is 5.35. The SMILES string of the molecule is CCC/C=C/CCOC1CCC(c2ccc(C#N)cc2)CC1. The number of nitrogens with zero attached hydrogens (tertiary/aromatic N) is 1. The van der Waals surface area contributed by atoms with E-state index >= 15 is 0 Å². The highest BCUT2D eigenvalue weighted by Crippen LogP contribution is 2.34. The van der Waals surface area contributed by atoms with Crippen molar-refractivity contribution in [1.82, 2.24) is 0 Å². The zero-order valence-electron chi connectivity index (χ0n) is 13.6. The summed E-state index contributed by atoms with van der Waals surface area (Å²) in [4.78, 5) is 0. The van der Waals surface area contributed by atoms with Crippen LogP contribution in [0.3, 0.4) is 0 Å². The largest absolute Gasteiger partial charge is 0.378 e. The van der Waals surface area contributed by atoms with Crippen molar-refractivity contribution in [3.63, 3.8) is 0 Å². The first-order chi connectivity index (χ1) is 10.8. The van der Waals surface area contributed by atoms with E-state index < -0.39 is 0 Å². The number of allylic oxidation sites excluding steroid dienone is 1. The predicted molar refractivity (Wildman–Crippen MR) is 90.8 cm³/mol. The summed E-state index contributed by atoms with van der Waals surface area (Å²) in [6.45, 7) is 3.06. The quantitative estimate of drug-likeness (QED) is 0.502. The van der Waals surface area contributed by atoms with Crippen molar-refractivity contribution in [1.29, 1.82) is 5.26 Å². The molecule has 0 radical (unpaired) electrons. The second-order valence-corrected chi connectivity index (χ2v) is 6.13. The van der Waals surface area contributed by atoms with E-state index in [2.05, 4.69) is 37.3 Å². The molecule has 1 fully saturated rings. The van der Waals surface area contributed by atoms with E-state index in [-0.39, 0.29) is 0 Å². The van der Waals surface area contributed by atoms with Crippen LogP contribution in [0.2, 0.25) is 0 Å². The normalized spacial score (nSPS) is 21.8. The number of nitriles is 1. The van der Waals surface area contributed by atoms with Gasteiger partial charge in [0.05, 0.1) is 24.3 Å². The Morgan fingerprint density at radius 3 is 2.41 bits per heavy atom. The summed E-state index contributed by atoms with van der Waals surface area (Å²) < 4.78 is 5.99. The van der Waals surface area contributed by atoms with Crippen molar-refractivity contribution >= 4 is 0 Å². The van der Waals surface area contributed by atoms with Crippen LogP contribution in [0, 0.1) is 11.3 Å². The van der Waals surface area contributed by atoms with Crippen LogP contribution in [0.1, 0.15) is 68.9 Å². The van der Waals surface area contributed by atoms with Crippen LogP contribution in [0.5, 0.6) is 0 Å². The maximum atomic E-state index is 8.85. The summed E-state index contributed by atoms with van der Waals surface area (Å²) in [5.74, 6) is 0.636. The van der Waals surface area contributed by atoms with Gasteiger partial charge in [-0.15, -0.1) is 0 Å². The molecule has 0 bridgehead atoms. The van der Waals surface area contributed by atoms with Crippen LogP contribution in [0.25, 0.3) is 0 Å². The van der Waals surface area contributed by atoms with E-state index in [1.165, 1.54) is 31.2 Å². The lowest BCUT2D eigenvalue weighted by molar-refractivity contribution is 0.0274. The van der Waals surface area contributed by atoms with Crippen LogP contribution in [-0.2, 0) is 4.74 Å². The maximum absolute atomic E-state index is 8.85. The topological polar surface area (TPSA) is 33.0 Å². The van der Waals surface area contributed by atoms with E-state index in [0.717, 1.165) is 31.4 Å². The van der Waals surface area contributed by atoms with Crippen molar-refractivity contribution in [2.24, 2.45) is 0 Å². The highest BCUT2D eigenvalue weighted by Gasteiger charge is 2.22. The molecule has 0 N–H and O–H groups in total. The lowest BCUT2D eigenvalue weighted by Gasteiger charge is -2.28. The summed E-state index contributed by atoms with van der Waals surface area (Å²) >= 11 is 0. The molecule has 0 atom stereocenters. The van der Waals surface area contributed by atoms with E-state index in [9.17, 15) is 0 Å². The Balaban J connectivity index is 1.68. The summed E-state index contributed by atoms with van der Waals surface area (Å²) in [6.07, 6.45) is 13.1. The van der Waals surface area contributed by atoms with Gasteiger partial charge < -0.3 is 4.74 Å². The molecule has 0 amide bonds. The van der Waals surface area contributed by atoms with Crippen molar-refractivity contribution in [2.75, 3.05) is 6.61 Å². The van der Waals surface area contributed by atoms with Crippen LogP contribution in [-0.4, -0.2) is 12.7 Å². The fraction of sp³-hybridized carbons (Fsp3) is 0.550. The van der Waals surface area contributed by atoms with Gasteiger partial charge in [-0.3, -0.25) is 0 Å². The van der Waals surface area contributed by atoms with E-state index in [1.807, 2.05) is 12.1 Å². The molecule has 0 aliphatic heterocycles. The van der Waals surface area contributed by atoms with Crippen molar-refractivity contribution < 1.29 is 4.74 Å². The molecule has 0 aromatic heterocycles. The molecule has 1 aliphatic carbocycles. The van der Waals surface area contributed by atoms with Crippen LogP contribution >= 0.6 is 0 Å². The lowest BCUT2D eigenvalue weighted by atomic mass is 9.82. The Morgan fingerprint density at radius 1 is 1.09 bits per heavy atom. The smallest absolute Gasteiger partial charge is 0.0991 e. The van der Waals surface area contributed by atoms with E-state index in [0.29, 0.717) is 12.0 Å². The highest BCUT2D eigenvalue weighted by atomic mass is 16.5. The second-order valence-electron chi connectivity index (χ2n) is 6.13. The molecule has 2 nitrogen and oxygen atoms in total. The standard InChI is InChI=1S/C20H27NO/c1-2-3-4-5-6-15-22-20-13-11-19(12-14-20)18-9-7-17(16-21)8-10-18/h4-5,7-10,19-20H,2-3,6,11-15H2,1H3/b5-4+. The third-order valence-corrected chi connectivity index (χ3v) is 4.45. The molecular formula is C20H27NO. The highest BCUT2D eigenvalue weighted by molar-refractivity contribution is 5.33. The van der Waals surface area contributed by atoms with Crippen molar-refractivity contribution in [2.45, 2.75) is 63.9 Å². The number of ether oxygens (including phenoxy) is 1. The van der Waals surface area contributed by atoms with Gasteiger partial charge in [-0.05, 0) is 62.1 Å². The maximum Gasteiger partial charge on any atom is 0.0991 e. The molecule has 22 heavy (non-hydrogen) atoms. The van der Waals surface area contributed by atoms with Gasteiger partial charge in [0.2, 0.25) is 0 Å². The Bertz CT molecular complexity index is 489. The minimum Gasteiger partial charge on any atom is -0.378 e. The first kappa shape index (κ1) is 16.8. The molecule has 0 spiro atoms. The fourth-order valence-electron chi connectivity index (χ4n) is 3.10. The average molecular weight is 297 g/mol. The van der Waals surface area contributed by atoms with Crippen molar-refractivity contribution in [3.05, 3.63) is 47.5 Å². The Morgan fingerprint density at radius 2 is 1.77 bits per heavy atom. The molecular weight excluding hydrogens is 270 g/mol. The van der Waals surface area contributed by atoms with Gasteiger partial charge in [-0.2, -0.15) is 5.26 Å². The first-order valence-corrected chi connectivity index (χ1v) is 8.60. The summed E-state index contributed by atoms with van der Waals surface area (Å²) in [5, 5.41) is 8.85. The summed E-state index contributed by atoms with van der Waals surface area (Å²) in [6, 6.07) is 10.3. The fourth-order valence-corrected chi connectivity index (χ4v) is 3.10. The molecule has 118 valence electrons. The Labute approximate surface area is 134 Å². The molecule has 2 heteroatoms. The second kappa shape index (κ2) is 9.43. The number of unbranched alkanes of at least 4 members (excludes halogenated alkanes) is 1. The number of hydrogen-bond donors (Lipinski definition) is 0. The third kappa shape index (κ3) is 5.31. The number of hydrogen-bond acceptors (Lipinski definition) is 2. The minimum atomic E-state index is 0.439. The van der Waals surface area contributed by atoms with E-state index in [1.54, 1.807) is 0 Å². The molecule has 1 aliphatic rings. The van der Waals surface area contributed by atoms with Crippen LogP contribution in [0.4, 0.5) is 0 Å². The lowest BCUT2D eigenvalue weighted by Crippen LogP contribution is -2.21.